The van der Waals surface area contributed by atoms with Crippen LogP contribution in [-0.2, 0) is 14.3 Å². The normalized spacial score (nSPS) is 32.7. The van der Waals surface area contributed by atoms with Gasteiger partial charge in [-0.3, -0.25) is 4.79 Å². The fourth-order valence-electron chi connectivity index (χ4n) is 1.97. The van der Waals surface area contributed by atoms with Crippen LogP contribution in [-0.4, -0.2) is 62.4 Å². The van der Waals surface area contributed by atoms with Gasteiger partial charge in [-0.25, -0.2) is 0 Å². The molecule has 0 aromatic carbocycles. The maximum atomic E-state index is 12.0. The molecule has 2 rings (SSSR count). The Labute approximate surface area is 89.7 Å². The number of piperazine rings is 1. The lowest BCUT2D eigenvalue weighted by Crippen LogP contribution is -2.55. The van der Waals surface area contributed by atoms with Crippen molar-refractivity contribution in [2.24, 2.45) is 0 Å². The summed E-state index contributed by atoms with van der Waals surface area (Å²) in [5.74, 6) is 0.0723. The van der Waals surface area contributed by atoms with Crippen molar-refractivity contribution in [3.8, 4) is 0 Å². The van der Waals surface area contributed by atoms with Crippen LogP contribution in [0.4, 0.5) is 0 Å². The monoisotopic (exact) mass is 214 g/mol. The highest BCUT2D eigenvalue weighted by molar-refractivity contribution is 5.81. The zero-order chi connectivity index (χ0) is 10.7. The molecule has 5 heteroatoms. The minimum absolute atomic E-state index is 0.0723. The number of ether oxygens (including phenoxy) is 2. The van der Waals surface area contributed by atoms with Crippen LogP contribution in [0.25, 0.3) is 0 Å². The van der Waals surface area contributed by atoms with Crippen LogP contribution in [0.5, 0.6) is 0 Å². The third-order valence-corrected chi connectivity index (χ3v) is 2.77. The molecular formula is C10H18N2O3. The van der Waals surface area contributed by atoms with Crippen LogP contribution in [0.1, 0.15) is 6.92 Å². The third-order valence-electron chi connectivity index (χ3n) is 2.77. The van der Waals surface area contributed by atoms with Gasteiger partial charge in [-0.15, -0.1) is 0 Å². The standard InChI is InChI=1S/C10H18N2O3/c1-8-6-12(3-2-11-8)10(13)9-7-14-4-5-15-9/h8-9,11H,2-7H2,1H3/t8-,9?/m0/s1. The fourth-order valence-corrected chi connectivity index (χ4v) is 1.97. The van der Waals surface area contributed by atoms with Gasteiger partial charge in [0.15, 0.2) is 6.10 Å². The molecule has 2 aliphatic heterocycles. The van der Waals surface area contributed by atoms with Crippen molar-refractivity contribution in [3.63, 3.8) is 0 Å². The van der Waals surface area contributed by atoms with E-state index in [0.29, 0.717) is 25.9 Å². The van der Waals surface area contributed by atoms with E-state index in [1.807, 2.05) is 4.90 Å². The lowest BCUT2D eigenvalue weighted by molar-refractivity contribution is -0.159. The summed E-state index contributed by atoms with van der Waals surface area (Å²) in [6.07, 6.45) is -0.385. The Morgan fingerprint density at radius 1 is 1.47 bits per heavy atom. The van der Waals surface area contributed by atoms with Gasteiger partial charge in [-0.1, -0.05) is 0 Å². The smallest absolute Gasteiger partial charge is 0.254 e. The van der Waals surface area contributed by atoms with Gasteiger partial charge in [0.25, 0.3) is 5.91 Å². The van der Waals surface area contributed by atoms with Gasteiger partial charge in [0, 0.05) is 25.7 Å². The first-order valence-corrected chi connectivity index (χ1v) is 5.49. The van der Waals surface area contributed by atoms with Crippen LogP contribution in [0.2, 0.25) is 0 Å². The summed E-state index contributed by atoms with van der Waals surface area (Å²) in [6.45, 7) is 6.00. The quantitative estimate of drug-likeness (QED) is 0.622. The maximum absolute atomic E-state index is 12.0. The minimum atomic E-state index is -0.385. The minimum Gasteiger partial charge on any atom is -0.376 e. The molecule has 2 heterocycles. The molecule has 2 saturated heterocycles. The van der Waals surface area contributed by atoms with Crippen molar-refractivity contribution >= 4 is 5.91 Å². The Morgan fingerprint density at radius 2 is 2.33 bits per heavy atom. The van der Waals surface area contributed by atoms with E-state index < -0.39 is 0 Å². The summed E-state index contributed by atoms with van der Waals surface area (Å²) in [4.78, 5) is 13.9. The van der Waals surface area contributed by atoms with Crippen LogP contribution < -0.4 is 5.32 Å². The second-order valence-electron chi connectivity index (χ2n) is 4.07. The van der Waals surface area contributed by atoms with Crippen LogP contribution in [0.3, 0.4) is 0 Å². The average Bonchev–Trinajstić information content (AvgIpc) is 2.29. The second kappa shape index (κ2) is 4.92. The lowest BCUT2D eigenvalue weighted by atomic mass is 10.2. The van der Waals surface area contributed by atoms with E-state index in [1.54, 1.807) is 0 Å². The topological polar surface area (TPSA) is 50.8 Å². The number of nitrogens with zero attached hydrogens (tertiary/aromatic N) is 1. The first-order chi connectivity index (χ1) is 7.27. The number of amides is 1. The SMILES string of the molecule is C[C@H]1CN(C(=O)C2COCCO2)CCN1. The molecule has 0 saturated carbocycles. The molecule has 2 fully saturated rings. The molecule has 1 N–H and O–H groups in total. The molecule has 2 aliphatic rings. The second-order valence-corrected chi connectivity index (χ2v) is 4.07. The number of nitrogens with one attached hydrogen (secondary N) is 1. The predicted octanol–water partition coefficient (Wildman–Crippen LogP) is -0.778. The summed E-state index contributed by atoms with van der Waals surface area (Å²) in [6, 6.07) is 0.368. The Morgan fingerprint density at radius 3 is 3.00 bits per heavy atom. The number of rotatable bonds is 1. The summed E-state index contributed by atoms with van der Waals surface area (Å²) in [7, 11) is 0. The molecule has 0 aromatic heterocycles. The van der Waals surface area contributed by atoms with E-state index in [4.69, 9.17) is 9.47 Å². The highest BCUT2D eigenvalue weighted by Gasteiger charge is 2.29. The lowest BCUT2D eigenvalue weighted by Gasteiger charge is -2.35. The van der Waals surface area contributed by atoms with Gasteiger partial charge in [0.1, 0.15) is 0 Å². The Balaban J connectivity index is 1.88. The molecule has 2 atom stereocenters. The number of carbonyl (C=O) groups excluding carboxylic acids is 1. The zero-order valence-corrected chi connectivity index (χ0v) is 9.07. The van der Waals surface area contributed by atoms with E-state index >= 15 is 0 Å². The van der Waals surface area contributed by atoms with Crippen molar-refractivity contribution in [2.75, 3.05) is 39.5 Å². The van der Waals surface area contributed by atoms with E-state index in [9.17, 15) is 4.79 Å². The fraction of sp³-hybridized carbons (Fsp3) is 0.900. The summed E-state index contributed by atoms with van der Waals surface area (Å²) < 4.78 is 10.6. The number of hydrogen-bond acceptors (Lipinski definition) is 4. The summed E-state index contributed by atoms with van der Waals surface area (Å²) in [5.41, 5.74) is 0. The van der Waals surface area contributed by atoms with Gasteiger partial charge in [-0.2, -0.15) is 0 Å². The molecule has 5 nitrogen and oxygen atoms in total. The van der Waals surface area contributed by atoms with Gasteiger partial charge in [0.2, 0.25) is 0 Å². The molecule has 15 heavy (non-hydrogen) atoms. The molecular weight excluding hydrogens is 196 g/mol. The highest BCUT2D eigenvalue weighted by Crippen LogP contribution is 2.07. The molecule has 0 radical (unpaired) electrons. The van der Waals surface area contributed by atoms with Gasteiger partial charge < -0.3 is 19.7 Å². The highest BCUT2D eigenvalue weighted by atomic mass is 16.6. The van der Waals surface area contributed by atoms with Crippen molar-refractivity contribution in [1.29, 1.82) is 0 Å². The summed E-state index contributed by atoms with van der Waals surface area (Å²) in [5, 5.41) is 3.30. The number of carbonyl (C=O) groups is 1. The Kier molecular flexibility index (Phi) is 3.56. The van der Waals surface area contributed by atoms with Crippen LogP contribution in [0.15, 0.2) is 0 Å². The molecule has 1 unspecified atom stereocenters. The largest absolute Gasteiger partial charge is 0.376 e. The van der Waals surface area contributed by atoms with Crippen molar-refractivity contribution in [3.05, 3.63) is 0 Å². The van der Waals surface area contributed by atoms with Gasteiger partial charge in [-0.05, 0) is 6.92 Å². The molecule has 0 bridgehead atoms. The van der Waals surface area contributed by atoms with Crippen molar-refractivity contribution in [2.45, 2.75) is 19.1 Å². The molecule has 0 aliphatic carbocycles. The summed E-state index contributed by atoms with van der Waals surface area (Å²) >= 11 is 0. The van der Waals surface area contributed by atoms with Crippen molar-refractivity contribution in [1.82, 2.24) is 10.2 Å². The first-order valence-electron chi connectivity index (χ1n) is 5.49. The van der Waals surface area contributed by atoms with Gasteiger partial charge in [0.05, 0.1) is 19.8 Å². The van der Waals surface area contributed by atoms with E-state index in [-0.39, 0.29) is 12.0 Å². The Hall–Kier alpha value is -0.650. The zero-order valence-electron chi connectivity index (χ0n) is 9.07. The van der Waals surface area contributed by atoms with Crippen LogP contribution >= 0.6 is 0 Å². The molecule has 0 spiro atoms. The first kappa shape index (κ1) is 10.9. The molecule has 86 valence electrons. The van der Waals surface area contributed by atoms with E-state index in [1.165, 1.54) is 0 Å². The maximum Gasteiger partial charge on any atom is 0.254 e. The van der Waals surface area contributed by atoms with Gasteiger partial charge >= 0.3 is 0 Å². The Bertz CT molecular complexity index is 229. The third kappa shape index (κ3) is 2.68. The molecule has 0 aromatic rings. The van der Waals surface area contributed by atoms with E-state index in [2.05, 4.69) is 12.2 Å². The van der Waals surface area contributed by atoms with Crippen molar-refractivity contribution < 1.29 is 14.3 Å². The number of hydrogen-bond donors (Lipinski definition) is 1. The van der Waals surface area contributed by atoms with E-state index in [0.717, 1.165) is 19.6 Å². The average molecular weight is 214 g/mol. The predicted molar refractivity (Wildman–Crippen MR) is 54.6 cm³/mol. The molecule has 1 amide bonds. The van der Waals surface area contributed by atoms with Crippen LogP contribution in [0, 0.1) is 0 Å².